The van der Waals surface area contributed by atoms with Crippen LogP contribution in [0.1, 0.15) is 61.6 Å². The lowest BCUT2D eigenvalue weighted by molar-refractivity contribution is 0.0349. The van der Waals surface area contributed by atoms with Crippen molar-refractivity contribution in [1.82, 2.24) is 15.3 Å². The molecule has 5 nitrogen and oxygen atoms in total. The lowest BCUT2D eigenvalue weighted by Crippen LogP contribution is -2.46. The Hall–Kier alpha value is -2.40. The second-order valence-electron chi connectivity index (χ2n) is 9.95. The van der Waals surface area contributed by atoms with Crippen LogP contribution in [0, 0.1) is 5.92 Å². The van der Waals surface area contributed by atoms with Crippen LogP contribution in [-0.2, 0) is 6.42 Å². The average Bonchev–Trinajstić information content (AvgIpc) is 3.61. The van der Waals surface area contributed by atoms with Gasteiger partial charge in [-0.05, 0) is 85.9 Å². The van der Waals surface area contributed by atoms with Crippen molar-refractivity contribution >= 4 is 11.5 Å². The molecule has 1 aliphatic carbocycles. The van der Waals surface area contributed by atoms with E-state index in [1.807, 2.05) is 12.4 Å². The topological polar surface area (TPSA) is 50.3 Å². The van der Waals surface area contributed by atoms with Crippen molar-refractivity contribution in [3.63, 3.8) is 0 Å². The fourth-order valence-corrected chi connectivity index (χ4v) is 5.61. The third-order valence-electron chi connectivity index (χ3n) is 7.73. The smallest absolute Gasteiger partial charge is 0.225 e. The van der Waals surface area contributed by atoms with Gasteiger partial charge in [0, 0.05) is 44.4 Å². The number of rotatable bonds is 4. The Kier molecular flexibility index (Phi) is 4.75. The van der Waals surface area contributed by atoms with E-state index in [1.165, 1.54) is 35.1 Å². The zero-order chi connectivity index (χ0) is 20.8. The van der Waals surface area contributed by atoms with Crippen LogP contribution in [0.3, 0.4) is 0 Å². The molecule has 162 valence electrons. The van der Waals surface area contributed by atoms with Gasteiger partial charge in [-0.1, -0.05) is 12.1 Å². The summed E-state index contributed by atoms with van der Waals surface area (Å²) in [4.78, 5) is 11.7. The summed E-state index contributed by atoms with van der Waals surface area (Å²) in [5.41, 5.74) is 5.42. The first-order valence-corrected chi connectivity index (χ1v) is 12.0. The summed E-state index contributed by atoms with van der Waals surface area (Å²) in [6, 6.07) is 6.82. The van der Waals surface area contributed by atoms with E-state index in [0.29, 0.717) is 11.8 Å². The second-order valence-corrected chi connectivity index (χ2v) is 9.95. The Morgan fingerprint density at radius 2 is 1.90 bits per heavy atom. The summed E-state index contributed by atoms with van der Waals surface area (Å²) in [5, 5.41) is 3.40. The van der Waals surface area contributed by atoms with Crippen LogP contribution in [-0.4, -0.2) is 41.7 Å². The van der Waals surface area contributed by atoms with Gasteiger partial charge in [0.2, 0.25) is 5.95 Å². The van der Waals surface area contributed by atoms with E-state index in [0.717, 1.165) is 63.6 Å². The summed E-state index contributed by atoms with van der Waals surface area (Å²) in [7, 11) is 0. The van der Waals surface area contributed by atoms with Crippen molar-refractivity contribution in [3.8, 4) is 5.75 Å². The van der Waals surface area contributed by atoms with Gasteiger partial charge in [0.1, 0.15) is 11.4 Å². The van der Waals surface area contributed by atoms with Gasteiger partial charge >= 0.3 is 0 Å². The monoisotopic (exact) mass is 416 g/mol. The SMILES string of the molecule is CC1(C2CCN(c3ncc(C4CC4)cn3)CC2)Cc2cc(C3=CCNCC3)ccc2O1. The van der Waals surface area contributed by atoms with Gasteiger partial charge in [-0.2, -0.15) is 0 Å². The molecule has 2 fully saturated rings. The van der Waals surface area contributed by atoms with Gasteiger partial charge in [0.15, 0.2) is 0 Å². The third-order valence-corrected chi connectivity index (χ3v) is 7.73. The quantitative estimate of drug-likeness (QED) is 0.803. The molecule has 5 heteroatoms. The minimum absolute atomic E-state index is 0.105. The van der Waals surface area contributed by atoms with Crippen LogP contribution in [0.4, 0.5) is 5.95 Å². The number of ether oxygens (including phenoxy) is 1. The van der Waals surface area contributed by atoms with E-state index < -0.39 is 0 Å². The van der Waals surface area contributed by atoms with Gasteiger partial charge < -0.3 is 15.0 Å². The van der Waals surface area contributed by atoms with Gasteiger partial charge in [-0.15, -0.1) is 0 Å². The molecule has 1 saturated carbocycles. The van der Waals surface area contributed by atoms with Gasteiger partial charge in [0.25, 0.3) is 0 Å². The molecule has 1 unspecified atom stereocenters. The molecule has 4 aliphatic rings. The zero-order valence-corrected chi connectivity index (χ0v) is 18.4. The fourth-order valence-electron chi connectivity index (χ4n) is 5.61. The molecule has 1 aromatic carbocycles. The maximum Gasteiger partial charge on any atom is 0.225 e. The molecule has 0 radical (unpaired) electrons. The number of nitrogens with one attached hydrogen (secondary N) is 1. The molecule has 4 heterocycles. The van der Waals surface area contributed by atoms with Crippen molar-refractivity contribution in [2.45, 2.75) is 57.0 Å². The van der Waals surface area contributed by atoms with Gasteiger partial charge in [-0.25, -0.2) is 9.97 Å². The molecule has 6 rings (SSSR count). The predicted octanol–water partition coefficient (Wildman–Crippen LogP) is 4.34. The number of hydrogen-bond acceptors (Lipinski definition) is 5. The van der Waals surface area contributed by atoms with Gasteiger partial charge in [0.05, 0.1) is 0 Å². The Morgan fingerprint density at radius 1 is 1.10 bits per heavy atom. The summed E-state index contributed by atoms with van der Waals surface area (Å²) in [6.07, 6.45) is 13.4. The number of fused-ring (bicyclic) bond motifs is 1. The molecule has 0 spiro atoms. The highest BCUT2D eigenvalue weighted by Crippen LogP contribution is 2.44. The van der Waals surface area contributed by atoms with Crippen molar-refractivity contribution in [2.75, 3.05) is 31.1 Å². The number of anilines is 1. The first-order chi connectivity index (χ1) is 15.2. The highest BCUT2D eigenvalue weighted by molar-refractivity contribution is 5.68. The van der Waals surface area contributed by atoms with Crippen LogP contribution >= 0.6 is 0 Å². The highest BCUT2D eigenvalue weighted by Gasteiger charge is 2.43. The Bertz CT molecular complexity index is 989. The van der Waals surface area contributed by atoms with Crippen LogP contribution in [0.2, 0.25) is 0 Å². The van der Waals surface area contributed by atoms with E-state index in [2.05, 4.69) is 51.4 Å². The molecule has 1 atom stereocenters. The predicted molar refractivity (Wildman–Crippen MR) is 124 cm³/mol. The molecule has 1 aromatic heterocycles. The minimum Gasteiger partial charge on any atom is -0.487 e. The lowest BCUT2D eigenvalue weighted by atomic mass is 9.79. The first-order valence-electron chi connectivity index (χ1n) is 12.0. The lowest BCUT2D eigenvalue weighted by Gasteiger charge is -2.40. The van der Waals surface area contributed by atoms with E-state index in [1.54, 1.807) is 0 Å². The average molecular weight is 417 g/mol. The van der Waals surface area contributed by atoms with Crippen molar-refractivity contribution < 1.29 is 4.74 Å². The molecule has 1 saturated heterocycles. The number of hydrogen-bond donors (Lipinski definition) is 1. The van der Waals surface area contributed by atoms with Crippen molar-refractivity contribution in [3.05, 3.63) is 53.4 Å². The standard InChI is InChI=1S/C26H32N4O/c1-26(15-21-14-20(4-5-24(21)31-26)19-6-10-27-11-7-19)23-8-12-30(13-9-23)25-28-16-22(17-29-25)18-2-3-18/h4-6,14,16-18,23,27H,2-3,7-13,15H2,1H3. The molecular weight excluding hydrogens is 384 g/mol. The van der Waals surface area contributed by atoms with E-state index in [4.69, 9.17) is 4.74 Å². The largest absolute Gasteiger partial charge is 0.487 e. The Morgan fingerprint density at radius 3 is 2.61 bits per heavy atom. The number of piperidine rings is 1. The van der Waals surface area contributed by atoms with Crippen LogP contribution in [0.25, 0.3) is 5.57 Å². The highest BCUT2D eigenvalue weighted by atomic mass is 16.5. The molecule has 0 bridgehead atoms. The Balaban J connectivity index is 1.11. The van der Waals surface area contributed by atoms with Crippen LogP contribution < -0.4 is 15.0 Å². The van der Waals surface area contributed by atoms with Gasteiger partial charge in [-0.3, -0.25) is 0 Å². The number of aromatic nitrogens is 2. The normalized spacial score (nSPS) is 26.4. The van der Waals surface area contributed by atoms with Crippen molar-refractivity contribution in [1.29, 1.82) is 0 Å². The van der Waals surface area contributed by atoms with E-state index in [-0.39, 0.29) is 5.60 Å². The fraction of sp³-hybridized carbons (Fsp3) is 0.538. The molecule has 2 aromatic rings. The molecule has 3 aliphatic heterocycles. The molecular formula is C26H32N4O. The van der Waals surface area contributed by atoms with Crippen LogP contribution in [0.15, 0.2) is 36.7 Å². The number of nitrogens with zero attached hydrogens (tertiary/aromatic N) is 3. The summed E-state index contributed by atoms with van der Waals surface area (Å²) >= 11 is 0. The molecule has 0 amide bonds. The minimum atomic E-state index is -0.105. The number of benzene rings is 1. The van der Waals surface area contributed by atoms with E-state index >= 15 is 0 Å². The molecule has 1 N–H and O–H groups in total. The maximum absolute atomic E-state index is 6.58. The summed E-state index contributed by atoms with van der Waals surface area (Å²) in [5.74, 6) is 3.25. The van der Waals surface area contributed by atoms with Crippen molar-refractivity contribution in [2.24, 2.45) is 5.92 Å². The second kappa shape index (κ2) is 7.63. The first kappa shape index (κ1) is 19.3. The molecule has 31 heavy (non-hydrogen) atoms. The summed E-state index contributed by atoms with van der Waals surface area (Å²) in [6.45, 7) is 6.38. The summed E-state index contributed by atoms with van der Waals surface area (Å²) < 4.78 is 6.58. The zero-order valence-electron chi connectivity index (χ0n) is 18.4. The third kappa shape index (κ3) is 3.73. The van der Waals surface area contributed by atoms with Crippen LogP contribution in [0.5, 0.6) is 5.75 Å². The van der Waals surface area contributed by atoms with E-state index in [9.17, 15) is 0 Å². The maximum atomic E-state index is 6.58. The Labute approximate surface area is 184 Å².